The molecule has 0 aliphatic carbocycles. The molecule has 1 saturated heterocycles. The lowest BCUT2D eigenvalue weighted by Crippen LogP contribution is -2.37. The zero-order chi connectivity index (χ0) is 13.1. The summed E-state index contributed by atoms with van der Waals surface area (Å²) in [5.41, 5.74) is 1.09. The third kappa shape index (κ3) is 2.68. The fourth-order valence-corrected chi connectivity index (χ4v) is 2.62. The van der Waals surface area contributed by atoms with Crippen LogP contribution in [0.3, 0.4) is 0 Å². The molecule has 0 bridgehead atoms. The van der Waals surface area contributed by atoms with Crippen LogP contribution in [-0.4, -0.2) is 23.4 Å². The molecule has 2 rings (SSSR count). The molecule has 1 fully saturated rings. The summed E-state index contributed by atoms with van der Waals surface area (Å²) in [6, 6.07) is 7.95. The molecule has 1 aromatic rings. The fraction of sp³-hybridized carbons (Fsp3) is 0.500. The highest BCUT2D eigenvalue weighted by Crippen LogP contribution is 2.27. The van der Waals surface area contributed by atoms with Gasteiger partial charge in [0.25, 0.3) is 0 Å². The van der Waals surface area contributed by atoms with Crippen molar-refractivity contribution in [1.29, 1.82) is 0 Å². The first-order chi connectivity index (χ1) is 8.63. The minimum Gasteiger partial charge on any atom is -0.319 e. The monoisotopic (exact) mass is 266 g/mol. The van der Waals surface area contributed by atoms with Crippen molar-refractivity contribution in [3.63, 3.8) is 0 Å². The van der Waals surface area contributed by atoms with Gasteiger partial charge in [0, 0.05) is 11.1 Å². The Hall–Kier alpha value is -1.06. The maximum atomic E-state index is 12.0. The second-order valence-electron chi connectivity index (χ2n) is 4.77. The highest BCUT2D eigenvalue weighted by molar-refractivity contribution is 6.30. The van der Waals surface area contributed by atoms with Crippen LogP contribution in [-0.2, 0) is 4.79 Å². The van der Waals surface area contributed by atoms with Gasteiger partial charge in [-0.15, -0.1) is 0 Å². The lowest BCUT2D eigenvalue weighted by Gasteiger charge is -2.30. The van der Waals surface area contributed by atoms with Crippen molar-refractivity contribution in [2.24, 2.45) is 0 Å². The topological polar surface area (TPSA) is 32.3 Å². The quantitative estimate of drug-likeness (QED) is 0.909. The van der Waals surface area contributed by atoms with Gasteiger partial charge in [-0.3, -0.25) is 10.1 Å². The summed E-state index contributed by atoms with van der Waals surface area (Å²) in [6.07, 6.45) is 2.09. The Labute approximate surface area is 113 Å². The Kier molecular flexibility index (Phi) is 4.25. The van der Waals surface area contributed by atoms with Gasteiger partial charge in [0.05, 0.1) is 6.54 Å². The van der Waals surface area contributed by atoms with E-state index in [0.29, 0.717) is 6.54 Å². The molecule has 0 spiro atoms. The van der Waals surface area contributed by atoms with Gasteiger partial charge in [-0.25, -0.2) is 0 Å². The van der Waals surface area contributed by atoms with E-state index in [1.165, 1.54) is 0 Å². The highest BCUT2D eigenvalue weighted by Gasteiger charge is 2.34. The molecule has 4 heteroatoms. The van der Waals surface area contributed by atoms with Crippen molar-refractivity contribution in [3.8, 4) is 0 Å². The number of halogens is 1. The number of benzene rings is 1. The molecule has 1 N–H and O–H groups in total. The van der Waals surface area contributed by atoms with E-state index in [1.807, 2.05) is 29.2 Å². The van der Waals surface area contributed by atoms with Crippen molar-refractivity contribution < 1.29 is 4.79 Å². The lowest BCUT2D eigenvalue weighted by atomic mass is 10.1. The van der Waals surface area contributed by atoms with Gasteiger partial charge >= 0.3 is 0 Å². The maximum Gasteiger partial charge on any atom is 0.238 e. The Morgan fingerprint density at radius 2 is 2.11 bits per heavy atom. The maximum absolute atomic E-state index is 12.0. The lowest BCUT2D eigenvalue weighted by molar-refractivity contribution is -0.130. The van der Waals surface area contributed by atoms with Crippen LogP contribution >= 0.6 is 11.6 Å². The molecule has 1 aliphatic rings. The Morgan fingerprint density at radius 3 is 2.72 bits per heavy atom. The van der Waals surface area contributed by atoms with Gasteiger partial charge in [0.15, 0.2) is 0 Å². The summed E-state index contributed by atoms with van der Waals surface area (Å²) in [5, 5.41) is 3.98. The first kappa shape index (κ1) is 13.4. The number of hydrogen-bond acceptors (Lipinski definition) is 2. The molecule has 0 aromatic heterocycles. The van der Waals surface area contributed by atoms with Gasteiger partial charge < -0.3 is 4.90 Å². The molecular formula is C14H19ClN2O. The predicted molar refractivity (Wildman–Crippen MR) is 73.4 cm³/mol. The molecule has 1 heterocycles. The van der Waals surface area contributed by atoms with E-state index in [9.17, 15) is 4.79 Å². The van der Waals surface area contributed by atoms with Crippen LogP contribution in [0.5, 0.6) is 0 Å². The van der Waals surface area contributed by atoms with Crippen molar-refractivity contribution in [1.82, 2.24) is 10.2 Å². The number of rotatable bonds is 4. The number of nitrogens with zero attached hydrogens (tertiary/aromatic N) is 1. The largest absolute Gasteiger partial charge is 0.319 e. The van der Waals surface area contributed by atoms with Gasteiger partial charge in [0.1, 0.15) is 6.17 Å². The van der Waals surface area contributed by atoms with Crippen molar-refractivity contribution in [2.75, 3.05) is 6.54 Å². The average Bonchev–Trinajstić information content (AvgIpc) is 2.72. The summed E-state index contributed by atoms with van der Waals surface area (Å²) in [6.45, 7) is 4.67. The summed E-state index contributed by atoms with van der Waals surface area (Å²) in [7, 11) is 0. The molecule has 0 saturated carbocycles. The van der Waals surface area contributed by atoms with E-state index in [2.05, 4.69) is 19.2 Å². The van der Waals surface area contributed by atoms with Gasteiger partial charge in [-0.1, -0.05) is 37.1 Å². The minimum absolute atomic E-state index is 0.0173. The molecular weight excluding hydrogens is 248 g/mol. The highest BCUT2D eigenvalue weighted by atomic mass is 35.5. The number of nitrogens with one attached hydrogen (secondary N) is 1. The molecule has 98 valence electrons. The van der Waals surface area contributed by atoms with Crippen LogP contribution in [0.1, 0.15) is 38.4 Å². The third-order valence-corrected chi connectivity index (χ3v) is 3.63. The molecule has 0 radical (unpaired) electrons. The van der Waals surface area contributed by atoms with E-state index in [1.54, 1.807) is 0 Å². The first-order valence-electron chi connectivity index (χ1n) is 6.43. The second-order valence-corrected chi connectivity index (χ2v) is 5.21. The second kappa shape index (κ2) is 5.72. The number of carbonyl (C=O) groups excluding carboxylic acids is 1. The number of amides is 1. The molecule has 1 aliphatic heterocycles. The molecule has 3 nitrogen and oxygen atoms in total. The fourth-order valence-electron chi connectivity index (χ4n) is 2.50. The van der Waals surface area contributed by atoms with E-state index in [-0.39, 0.29) is 18.1 Å². The van der Waals surface area contributed by atoms with Gasteiger partial charge in [0.2, 0.25) is 5.91 Å². The average molecular weight is 267 g/mol. The predicted octanol–water partition coefficient (Wildman–Crippen LogP) is 2.96. The van der Waals surface area contributed by atoms with Crippen molar-refractivity contribution in [2.45, 2.75) is 38.9 Å². The molecule has 2 unspecified atom stereocenters. The smallest absolute Gasteiger partial charge is 0.238 e. The normalized spacial score (nSPS) is 21.4. The van der Waals surface area contributed by atoms with Crippen LogP contribution in [0, 0.1) is 0 Å². The summed E-state index contributed by atoms with van der Waals surface area (Å²) in [4.78, 5) is 13.9. The Balaban J connectivity index is 2.20. The van der Waals surface area contributed by atoms with E-state index in [0.717, 1.165) is 23.4 Å². The Morgan fingerprint density at radius 1 is 1.44 bits per heavy atom. The van der Waals surface area contributed by atoms with Crippen LogP contribution in [0.4, 0.5) is 0 Å². The molecule has 18 heavy (non-hydrogen) atoms. The standard InChI is InChI=1S/C14H19ClN2O/c1-3-4-10(2)17-13(18)9-16-14(17)11-5-7-12(15)8-6-11/h5-8,10,14,16H,3-4,9H2,1-2H3. The van der Waals surface area contributed by atoms with Crippen LogP contribution in [0.2, 0.25) is 5.02 Å². The van der Waals surface area contributed by atoms with Crippen molar-refractivity contribution in [3.05, 3.63) is 34.9 Å². The minimum atomic E-state index is -0.0173. The van der Waals surface area contributed by atoms with Crippen LogP contribution in [0.25, 0.3) is 0 Å². The zero-order valence-corrected chi connectivity index (χ0v) is 11.6. The van der Waals surface area contributed by atoms with Gasteiger partial charge in [-0.2, -0.15) is 0 Å². The van der Waals surface area contributed by atoms with Gasteiger partial charge in [-0.05, 0) is 31.0 Å². The van der Waals surface area contributed by atoms with E-state index >= 15 is 0 Å². The first-order valence-corrected chi connectivity index (χ1v) is 6.81. The number of hydrogen-bond donors (Lipinski definition) is 1. The number of carbonyl (C=O) groups is 1. The SMILES string of the molecule is CCCC(C)N1C(=O)CNC1c1ccc(Cl)cc1. The van der Waals surface area contributed by atoms with E-state index in [4.69, 9.17) is 11.6 Å². The molecule has 1 aromatic carbocycles. The molecule has 2 atom stereocenters. The molecule has 1 amide bonds. The van der Waals surface area contributed by atoms with E-state index < -0.39 is 0 Å². The summed E-state index contributed by atoms with van der Waals surface area (Å²) < 4.78 is 0. The zero-order valence-electron chi connectivity index (χ0n) is 10.8. The Bertz CT molecular complexity index is 418. The van der Waals surface area contributed by atoms with Crippen LogP contribution < -0.4 is 5.32 Å². The van der Waals surface area contributed by atoms with Crippen LogP contribution in [0.15, 0.2) is 24.3 Å². The summed E-state index contributed by atoms with van der Waals surface area (Å²) in [5.74, 6) is 0.177. The summed E-state index contributed by atoms with van der Waals surface area (Å²) >= 11 is 5.89. The third-order valence-electron chi connectivity index (χ3n) is 3.38. The van der Waals surface area contributed by atoms with Crippen molar-refractivity contribution >= 4 is 17.5 Å².